The molecule has 0 spiro atoms. The van der Waals surface area contributed by atoms with Gasteiger partial charge in [-0.15, -0.1) is 0 Å². The average Bonchev–Trinajstić information content (AvgIpc) is 2.56. The fourth-order valence-corrected chi connectivity index (χ4v) is 3.02. The van der Waals surface area contributed by atoms with Crippen LogP contribution in [0.25, 0.3) is 0 Å². The normalized spacial score (nSPS) is 11.3. The topological polar surface area (TPSA) is 52.5 Å². The van der Waals surface area contributed by atoms with Crippen LogP contribution in [0.3, 0.4) is 0 Å². The second-order valence-corrected chi connectivity index (χ2v) is 5.82. The van der Waals surface area contributed by atoms with Gasteiger partial charge in [-0.3, -0.25) is 0 Å². The maximum absolute atomic E-state index is 8.65. The zero-order chi connectivity index (χ0) is 15.4. The van der Waals surface area contributed by atoms with E-state index in [9.17, 15) is 0 Å². The Morgan fingerprint density at radius 1 is 0.591 bits per heavy atom. The molecule has 1 heterocycles. The molecule has 3 nitrogen and oxygen atoms in total. The number of aromatic hydroxyl groups is 2. The summed E-state index contributed by atoms with van der Waals surface area (Å²) in [5, 5.41) is 20.7. The molecule has 0 saturated carbocycles. The second-order valence-electron chi connectivity index (χ2n) is 4.74. The summed E-state index contributed by atoms with van der Waals surface area (Å²) in [6.07, 6.45) is 0. The van der Waals surface area contributed by atoms with Gasteiger partial charge in [0, 0.05) is 9.79 Å². The van der Waals surface area contributed by atoms with Gasteiger partial charge in [-0.05, 0) is 48.5 Å². The minimum Gasteiger partial charge on any atom is -0.508 e. The van der Waals surface area contributed by atoms with Crippen LogP contribution in [-0.2, 0) is 0 Å². The molecule has 1 aliphatic rings. The van der Waals surface area contributed by atoms with Gasteiger partial charge in [0.2, 0.25) is 0 Å². The molecular formula is C18H15NO2S. The van der Waals surface area contributed by atoms with Crippen molar-refractivity contribution in [2.24, 2.45) is 0 Å². The Morgan fingerprint density at radius 2 is 1.00 bits per heavy atom. The maximum Gasteiger partial charge on any atom is 0.115 e. The van der Waals surface area contributed by atoms with Crippen molar-refractivity contribution in [2.75, 3.05) is 5.32 Å². The van der Waals surface area contributed by atoms with Gasteiger partial charge in [-0.25, -0.2) is 0 Å². The van der Waals surface area contributed by atoms with Crippen LogP contribution < -0.4 is 5.32 Å². The Labute approximate surface area is 133 Å². The Kier molecular flexibility index (Phi) is 4.21. The average molecular weight is 309 g/mol. The van der Waals surface area contributed by atoms with Gasteiger partial charge in [-0.1, -0.05) is 36.0 Å². The number of phenolic OH excluding ortho intramolecular Hbond substituents is 2. The van der Waals surface area contributed by atoms with Crippen molar-refractivity contribution >= 4 is 23.1 Å². The highest BCUT2D eigenvalue weighted by atomic mass is 32.2. The van der Waals surface area contributed by atoms with E-state index in [1.54, 1.807) is 0 Å². The third-order valence-electron chi connectivity index (χ3n) is 3.11. The minimum absolute atomic E-state index is 0.169. The number of hydrogen-bond acceptors (Lipinski definition) is 4. The second kappa shape index (κ2) is 6.45. The lowest BCUT2D eigenvalue weighted by Gasteiger charge is -2.19. The molecule has 4 heteroatoms. The van der Waals surface area contributed by atoms with Gasteiger partial charge < -0.3 is 15.5 Å². The van der Waals surface area contributed by atoms with Crippen LogP contribution in [0.1, 0.15) is 0 Å². The molecule has 0 radical (unpaired) electrons. The number of hydrogen-bond donors (Lipinski definition) is 3. The van der Waals surface area contributed by atoms with Crippen molar-refractivity contribution in [3.05, 3.63) is 72.8 Å². The predicted molar refractivity (Wildman–Crippen MR) is 90.1 cm³/mol. The largest absolute Gasteiger partial charge is 0.508 e. The lowest BCUT2D eigenvalue weighted by atomic mass is 10.2. The fourth-order valence-electron chi connectivity index (χ4n) is 2.03. The summed E-state index contributed by atoms with van der Waals surface area (Å²) in [5.41, 5.74) is 2.41. The van der Waals surface area contributed by atoms with E-state index in [0.717, 1.165) is 0 Å². The molecule has 0 aliphatic carbocycles. The van der Waals surface area contributed by atoms with Crippen molar-refractivity contribution in [2.45, 2.75) is 9.79 Å². The zero-order valence-corrected chi connectivity index (χ0v) is 12.5. The third-order valence-corrected chi connectivity index (χ3v) is 4.26. The van der Waals surface area contributed by atoms with E-state index in [0.29, 0.717) is 0 Å². The van der Waals surface area contributed by atoms with Crippen LogP contribution in [0.5, 0.6) is 11.5 Å². The SMILES string of the molecule is Oc1ccc(O)cc1.c1ccc2c(c1)Nc1ccccc1S2. The lowest BCUT2D eigenvalue weighted by molar-refractivity contribution is 0.460. The molecule has 3 N–H and O–H groups in total. The number of fused-ring (bicyclic) bond motifs is 2. The van der Waals surface area contributed by atoms with Crippen LogP contribution in [0.15, 0.2) is 82.6 Å². The Morgan fingerprint density at radius 3 is 1.45 bits per heavy atom. The molecule has 4 rings (SSSR count). The molecule has 0 atom stereocenters. The number of phenols is 2. The van der Waals surface area contributed by atoms with Crippen molar-refractivity contribution in [3.8, 4) is 11.5 Å². The summed E-state index contributed by atoms with van der Waals surface area (Å²) in [4.78, 5) is 2.59. The molecule has 0 unspecified atom stereocenters. The molecule has 0 saturated heterocycles. The molecule has 0 fully saturated rings. The number of rotatable bonds is 0. The highest BCUT2D eigenvalue weighted by Crippen LogP contribution is 2.43. The van der Waals surface area contributed by atoms with Gasteiger partial charge >= 0.3 is 0 Å². The monoisotopic (exact) mass is 309 g/mol. The molecule has 3 aromatic carbocycles. The summed E-state index contributed by atoms with van der Waals surface area (Å²) in [6.45, 7) is 0. The number of benzene rings is 3. The van der Waals surface area contributed by atoms with E-state index >= 15 is 0 Å². The molecule has 0 amide bonds. The van der Waals surface area contributed by atoms with E-state index in [1.807, 2.05) is 11.8 Å². The van der Waals surface area contributed by atoms with Crippen LogP contribution in [0, 0.1) is 0 Å². The number of nitrogens with one attached hydrogen (secondary N) is 1. The summed E-state index contributed by atoms with van der Waals surface area (Å²) in [6, 6.07) is 22.5. The number of para-hydroxylation sites is 2. The molecule has 0 aromatic heterocycles. The van der Waals surface area contributed by atoms with E-state index in [2.05, 4.69) is 53.8 Å². The lowest BCUT2D eigenvalue weighted by Crippen LogP contribution is -1.98. The van der Waals surface area contributed by atoms with Crippen LogP contribution in [0.2, 0.25) is 0 Å². The molecular weight excluding hydrogens is 294 g/mol. The van der Waals surface area contributed by atoms with Gasteiger partial charge in [0.1, 0.15) is 11.5 Å². The molecule has 3 aromatic rings. The van der Waals surface area contributed by atoms with Gasteiger partial charge in [-0.2, -0.15) is 0 Å². The van der Waals surface area contributed by atoms with E-state index in [1.165, 1.54) is 45.4 Å². The van der Waals surface area contributed by atoms with Crippen LogP contribution in [0.4, 0.5) is 11.4 Å². The smallest absolute Gasteiger partial charge is 0.115 e. The van der Waals surface area contributed by atoms with Crippen molar-refractivity contribution in [1.29, 1.82) is 0 Å². The Balaban J connectivity index is 0.000000154. The van der Waals surface area contributed by atoms with E-state index in [4.69, 9.17) is 10.2 Å². The number of anilines is 2. The zero-order valence-electron chi connectivity index (χ0n) is 11.7. The third kappa shape index (κ3) is 3.35. The van der Waals surface area contributed by atoms with Crippen molar-refractivity contribution in [1.82, 2.24) is 0 Å². The minimum atomic E-state index is 0.169. The first-order chi connectivity index (χ1) is 10.7. The summed E-state index contributed by atoms with van der Waals surface area (Å²) in [5.74, 6) is 0.339. The first-order valence-corrected chi connectivity index (χ1v) is 7.65. The fraction of sp³-hybridized carbons (Fsp3) is 0. The summed E-state index contributed by atoms with van der Waals surface area (Å²) >= 11 is 1.82. The Hall–Kier alpha value is -2.59. The molecule has 22 heavy (non-hydrogen) atoms. The summed E-state index contributed by atoms with van der Waals surface area (Å²) < 4.78 is 0. The Bertz CT molecular complexity index is 664. The molecule has 1 aliphatic heterocycles. The van der Waals surface area contributed by atoms with E-state index in [-0.39, 0.29) is 11.5 Å². The maximum atomic E-state index is 8.65. The van der Waals surface area contributed by atoms with Crippen LogP contribution >= 0.6 is 11.8 Å². The van der Waals surface area contributed by atoms with Crippen LogP contribution in [-0.4, -0.2) is 10.2 Å². The van der Waals surface area contributed by atoms with Gasteiger partial charge in [0.05, 0.1) is 11.4 Å². The first kappa shape index (κ1) is 14.4. The quantitative estimate of drug-likeness (QED) is 0.400. The van der Waals surface area contributed by atoms with Gasteiger partial charge in [0.25, 0.3) is 0 Å². The molecule has 110 valence electrons. The summed E-state index contributed by atoms with van der Waals surface area (Å²) in [7, 11) is 0. The van der Waals surface area contributed by atoms with Gasteiger partial charge in [0.15, 0.2) is 0 Å². The van der Waals surface area contributed by atoms with E-state index < -0.39 is 0 Å². The standard InChI is InChI=1S/C12H9NS.C6H6O2/c1-3-7-11-9(5-1)13-10-6-2-4-8-12(10)14-11;7-5-1-2-6(8)4-3-5/h1-8,13H;1-4,7-8H. The highest BCUT2D eigenvalue weighted by molar-refractivity contribution is 7.99. The van der Waals surface area contributed by atoms with Crippen molar-refractivity contribution < 1.29 is 10.2 Å². The predicted octanol–water partition coefficient (Wildman–Crippen LogP) is 4.99. The van der Waals surface area contributed by atoms with Crippen molar-refractivity contribution in [3.63, 3.8) is 0 Å². The first-order valence-electron chi connectivity index (χ1n) is 6.83. The highest BCUT2D eigenvalue weighted by Gasteiger charge is 2.13. The molecule has 0 bridgehead atoms.